The fourth-order valence-electron chi connectivity index (χ4n) is 1.70. The number of anilines is 1. The van der Waals surface area contributed by atoms with Crippen LogP contribution in [0, 0.1) is 0 Å². The van der Waals surface area contributed by atoms with Gasteiger partial charge in [0.05, 0.1) is 6.54 Å². The second-order valence-electron chi connectivity index (χ2n) is 4.20. The summed E-state index contributed by atoms with van der Waals surface area (Å²) in [4.78, 5) is 6.83. The van der Waals surface area contributed by atoms with Crippen LogP contribution in [0.15, 0.2) is 35.4 Å². The van der Waals surface area contributed by atoms with Crippen LogP contribution in [0.2, 0.25) is 0 Å². The average Bonchev–Trinajstić information content (AvgIpc) is 2.83. The summed E-state index contributed by atoms with van der Waals surface area (Å²) in [7, 11) is -3.26. The fraction of sp³-hybridized carbons (Fsp3) is 0.308. The van der Waals surface area contributed by atoms with E-state index < -0.39 is 9.84 Å². The Morgan fingerprint density at radius 3 is 2.63 bits per heavy atom. The van der Waals surface area contributed by atoms with Crippen molar-refractivity contribution in [1.82, 2.24) is 4.98 Å². The number of hydrogen-bond acceptors (Lipinski definition) is 5. The van der Waals surface area contributed by atoms with Crippen molar-refractivity contribution >= 4 is 27.0 Å². The lowest BCUT2D eigenvalue weighted by Crippen LogP contribution is -2.07. The Hall–Kier alpha value is -1.40. The van der Waals surface area contributed by atoms with E-state index in [1.54, 1.807) is 29.7 Å². The molecule has 0 fully saturated rings. The number of thiophene rings is 1. The van der Waals surface area contributed by atoms with Gasteiger partial charge < -0.3 is 5.32 Å². The summed E-state index contributed by atoms with van der Waals surface area (Å²) in [5.41, 5.74) is 0. The molecule has 2 heterocycles. The molecule has 2 rings (SSSR count). The van der Waals surface area contributed by atoms with E-state index in [0.29, 0.717) is 12.4 Å². The summed E-state index contributed by atoms with van der Waals surface area (Å²) in [6, 6.07) is 7.34. The minimum absolute atomic E-state index is 0.238. The second-order valence-corrected chi connectivity index (χ2v) is 7.43. The van der Waals surface area contributed by atoms with E-state index in [-0.39, 0.29) is 4.90 Å². The molecule has 2 aromatic rings. The first-order valence-electron chi connectivity index (χ1n) is 5.97. The highest BCUT2D eigenvalue weighted by Gasteiger charge is 2.13. The average molecular weight is 296 g/mol. The molecule has 0 radical (unpaired) electrons. The number of aromatic nitrogens is 1. The lowest BCUT2D eigenvalue weighted by molar-refractivity contribution is 0.601. The zero-order valence-electron chi connectivity index (χ0n) is 10.9. The van der Waals surface area contributed by atoms with E-state index in [1.165, 1.54) is 16.0 Å². The minimum atomic E-state index is -3.26. The zero-order valence-corrected chi connectivity index (χ0v) is 12.5. The third-order valence-electron chi connectivity index (χ3n) is 2.67. The molecular formula is C13H16N2O2S2. The third-order valence-corrected chi connectivity index (χ3v) is 5.02. The van der Waals surface area contributed by atoms with Gasteiger partial charge in [-0.05, 0) is 30.7 Å². The smallest absolute Gasteiger partial charge is 0.179 e. The van der Waals surface area contributed by atoms with Gasteiger partial charge in [0.2, 0.25) is 0 Å². The van der Waals surface area contributed by atoms with Gasteiger partial charge in [-0.15, -0.1) is 11.3 Å². The summed E-state index contributed by atoms with van der Waals surface area (Å²) >= 11 is 1.73. The first-order valence-corrected chi connectivity index (χ1v) is 8.68. The Labute approximate surface area is 117 Å². The molecule has 0 saturated heterocycles. The summed E-state index contributed by atoms with van der Waals surface area (Å²) in [6.07, 6.45) is 3.79. The molecule has 0 saturated carbocycles. The number of pyridine rings is 1. The van der Waals surface area contributed by atoms with Crippen molar-refractivity contribution in [2.45, 2.75) is 24.8 Å². The Morgan fingerprint density at radius 2 is 2.00 bits per heavy atom. The van der Waals surface area contributed by atoms with E-state index in [4.69, 9.17) is 0 Å². The summed E-state index contributed by atoms with van der Waals surface area (Å²) < 4.78 is 23.3. The van der Waals surface area contributed by atoms with Gasteiger partial charge in [-0.3, -0.25) is 0 Å². The molecule has 0 aliphatic carbocycles. The highest BCUT2D eigenvalue weighted by molar-refractivity contribution is 7.90. The molecule has 19 heavy (non-hydrogen) atoms. The molecule has 0 aromatic carbocycles. The van der Waals surface area contributed by atoms with Crippen molar-refractivity contribution in [2.24, 2.45) is 0 Å². The summed E-state index contributed by atoms with van der Waals surface area (Å²) in [6.45, 7) is 2.70. The molecule has 0 aliphatic heterocycles. The standard InChI is InChI=1S/C13H16N2O2S2/c1-3-10-6-7-11(18-10)9-15-13-12(19(2,16)17)5-4-8-14-13/h4-8H,3,9H2,1-2H3,(H,14,15). The molecule has 1 N–H and O–H groups in total. The lowest BCUT2D eigenvalue weighted by atomic mass is 10.3. The van der Waals surface area contributed by atoms with Gasteiger partial charge in [0.15, 0.2) is 9.84 Å². The molecular weight excluding hydrogens is 280 g/mol. The number of nitrogens with zero attached hydrogens (tertiary/aromatic N) is 1. The quantitative estimate of drug-likeness (QED) is 0.921. The van der Waals surface area contributed by atoms with Crippen LogP contribution < -0.4 is 5.32 Å². The number of aryl methyl sites for hydroxylation is 1. The van der Waals surface area contributed by atoms with Crippen LogP contribution >= 0.6 is 11.3 Å². The maximum absolute atomic E-state index is 11.6. The molecule has 0 atom stereocenters. The minimum Gasteiger partial charge on any atom is -0.364 e. The molecule has 0 unspecified atom stereocenters. The molecule has 0 bridgehead atoms. The van der Waals surface area contributed by atoms with Gasteiger partial charge in [-0.2, -0.15) is 0 Å². The molecule has 4 nitrogen and oxygen atoms in total. The summed E-state index contributed by atoms with van der Waals surface area (Å²) in [5.74, 6) is 0.413. The maximum Gasteiger partial charge on any atom is 0.179 e. The molecule has 102 valence electrons. The van der Waals surface area contributed by atoms with Crippen molar-refractivity contribution in [3.05, 3.63) is 40.2 Å². The number of rotatable bonds is 5. The van der Waals surface area contributed by atoms with Crippen molar-refractivity contribution in [2.75, 3.05) is 11.6 Å². The van der Waals surface area contributed by atoms with Crippen molar-refractivity contribution in [3.63, 3.8) is 0 Å². The van der Waals surface area contributed by atoms with Crippen molar-refractivity contribution < 1.29 is 8.42 Å². The van der Waals surface area contributed by atoms with E-state index in [0.717, 1.165) is 6.42 Å². The number of sulfone groups is 1. The first-order chi connectivity index (χ1) is 9.00. The monoisotopic (exact) mass is 296 g/mol. The van der Waals surface area contributed by atoms with E-state index in [1.807, 2.05) is 0 Å². The SMILES string of the molecule is CCc1ccc(CNc2ncccc2S(C)(=O)=O)s1. The van der Waals surface area contributed by atoms with Gasteiger partial charge in [0, 0.05) is 22.2 Å². The lowest BCUT2D eigenvalue weighted by Gasteiger charge is -2.08. The summed E-state index contributed by atoms with van der Waals surface area (Å²) in [5, 5.41) is 3.09. The normalized spacial score (nSPS) is 11.5. The van der Waals surface area contributed by atoms with E-state index in [2.05, 4.69) is 29.4 Å². The van der Waals surface area contributed by atoms with Crippen LogP contribution in [-0.2, 0) is 22.8 Å². The highest BCUT2D eigenvalue weighted by atomic mass is 32.2. The predicted molar refractivity (Wildman–Crippen MR) is 78.4 cm³/mol. The molecule has 0 aliphatic rings. The van der Waals surface area contributed by atoms with Crippen molar-refractivity contribution in [3.8, 4) is 0 Å². The number of hydrogen-bond donors (Lipinski definition) is 1. The third kappa shape index (κ3) is 3.54. The Kier molecular flexibility index (Phi) is 4.21. The van der Waals surface area contributed by atoms with E-state index >= 15 is 0 Å². The van der Waals surface area contributed by atoms with Gasteiger partial charge >= 0.3 is 0 Å². The number of nitrogens with one attached hydrogen (secondary N) is 1. The topological polar surface area (TPSA) is 59.1 Å². The molecule has 2 aromatic heterocycles. The Bertz CT molecular complexity index is 663. The predicted octanol–water partition coefficient (Wildman–Crippen LogP) is 2.72. The van der Waals surface area contributed by atoms with Crippen LogP contribution in [0.3, 0.4) is 0 Å². The largest absolute Gasteiger partial charge is 0.364 e. The first kappa shape index (κ1) is 14.0. The maximum atomic E-state index is 11.6. The van der Waals surface area contributed by atoms with Gasteiger partial charge in [0.25, 0.3) is 0 Å². The fourth-order valence-corrected chi connectivity index (χ4v) is 3.40. The zero-order chi connectivity index (χ0) is 13.9. The van der Waals surface area contributed by atoms with Gasteiger partial charge in [0.1, 0.15) is 10.7 Å². The molecule has 0 amide bonds. The highest BCUT2D eigenvalue weighted by Crippen LogP contribution is 2.21. The van der Waals surface area contributed by atoms with Crippen LogP contribution in [-0.4, -0.2) is 19.7 Å². The Morgan fingerprint density at radius 1 is 1.26 bits per heavy atom. The van der Waals surface area contributed by atoms with Crippen LogP contribution in [0.25, 0.3) is 0 Å². The van der Waals surface area contributed by atoms with Crippen LogP contribution in [0.4, 0.5) is 5.82 Å². The van der Waals surface area contributed by atoms with Gasteiger partial charge in [-0.1, -0.05) is 6.92 Å². The van der Waals surface area contributed by atoms with E-state index in [9.17, 15) is 8.42 Å². The molecule has 0 spiro atoms. The van der Waals surface area contributed by atoms with Gasteiger partial charge in [-0.25, -0.2) is 13.4 Å². The van der Waals surface area contributed by atoms with Crippen LogP contribution in [0.5, 0.6) is 0 Å². The van der Waals surface area contributed by atoms with Crippen molar-refractivity contribution in [1.29, 1.82) is 0 Å². The van der Waals surface area contributed by atoms with Crippen LogP contribution in [0.1, 0.15) is 16.7 Å². The molecule has 6 heteroatoms. The second kappa shape index (κ2) is 5.71. The Balaban J connectivity index is 2.16.